The van der Waals surface area contributed by atoms with Gasteiger partial charge in [-0.1, -0.05) is 18.2 Å². The molecule has 0 aromatic heterocycles. The molecule has 0 fully saturated rings. The minimum Gasteiger partial charge on any atom is -1.00 e. The summed E-state index contributed by atoms with van der Waals surface area (Å²) in [4.78, 5) is 49.2. The average molecular weight is 479 g/mol. The summed E-state index contributed by atoms with van der Waals surface area (Å²) in [6, 6.07) is 7.42. The molecule has 1 aliphatic heterocycles. The van der Waals surface area contributed by atoms with Crippen LogP contribution in [-0.4, -0.2) is 53.9 Å². The monoisotopic (exact) mass is 479 g/mol. The Morgan fingerprint density at radius 3 is 2.59 bits per heavy atom. The molecule has 1 aliphatic rings. The second kappa shape index (κ2) is 11.8. The van der Waals surface area contributed by atoms with Crippen molar-refractivity contribution >= 4 is 23.7 Å². The van der Waals surface area contributed by atoms with Crippen LogP contribution >= 0.6 is 0 Å². The van der Waals surface area contributed by atoms with Crippen molar-refractivity contribution in [1.29, 1.82) is 0 Å². The van der Waals surface area contributed by atoms with Gasteiger partial charge in [0.1, 0.15) is 11.6 Å². The molecule has 1 heterocycles. The first kappa shape index (κ1) is 27.0. The third-order valence-corrected chi connectivity index (χ3v) is 5.08. The van der Waals surface area contributed by atoms with E-state index >= 15 is 0 Å². The van der Waals surface area contributed by atoms with Gasteiger partial charge in [0, 0.05) is 24.9 Å². The fraction of sp³-hybridized carbons (Fsp3) is 0.217. The minimum absolute atomic E-state index is 0. The molecule has 2 unspecified atom stereocenters. The number of ether oxygens (including phenoxy) is 1. The largest absolute Gasteiger partial charge is 1.00 e. The Kier molecular flexibility index (Phi) is 9.36. The molecule has 9 nitrogen and oxygen atoms in total. The summed E-state index contributed by atoms with van der Waals surface area (Å²) >= 11 is 0. The van der Waals surface area contributed by atoms with E-state index in [1.807, 2.05) is 0 Å². The van der Waals surface area contributed by atoms with E-state index < -0.39 is 48.0 Å². The zero-order chi connectivity index (χ0) is 24.1. The second-order valence-corrected chi connectivity index (χ2v) is 7.34. The number of hydrogen-bond donors (Lipinski definition) is 3. The Morgan fingerprint density at radius 2 is 1.91 bits per heavy atom. The van der Waals surface area contributed by atoms with Crippen molar-refractivity contribution in [1.82, 2.24) is 15.5 Å². The Morgan fingerprint density at radius 1 is 1.21 bits per heavy atom. The number of carbonyl (C=O) groups is 4. The summed E-state index contributed by atoms with van der Waals surface area (Å²) in [5.74, 6) is -2.70. The number of aliphatic carboxylic acids is 1. The van der Waals surface area contributed by atoms with E-state index in [1.165, 1.54) is 38.6 Å². The fourth-order valence-corrected chi connectivity index (χ4v) is 3.35. The number of carboxylic acids is 1. The third-order valence-electron chi connectivity index (χ3n) is 5.08. The number of benzene rings is 2. The third kappa shape index (κ3) is 6.43. The predicted molar refractivity (Wildman–Crippen MR) is 117 cm³/mol. The molecule has 34 heavy (non-hydrogen) atoms. The molecule has 0 aliphatic carbocycles. The maximum atomic E-state index is 14.7. The summed E-state index contributed by atoms with van der Waals surface area (Å²) in [7, 11) is 2.93. The number of nitrogens with one attached hydrogen (secondary N) is 2. The van der Waals surface area contributed by atoms with Crippen LogP contribution in [0.2, 0.25) is 0 Å². The smallest absolute Gasteiger partial charge is 1.00 e. The molecule has 3 N–H and O–H groups in total. The number of ketones is 1. The summed E-state index contributed by atoms with van der Waals surface area (Å²) in [5.41, 5.74) is 1.21. The quantitative estimate of drug-likeness (QED) is 0.358. The maximum Gasteiger partial charge on any atom is 1.00 e. The number of hydrogen-bond acceptors (Lipinski definition) is 5. The summed E-state index contributed by atoms with van der Waals surface area (Å²) < 4.78 is 19.9. The van der Waals surface area contributed by atoms with E-state index in [4.69, 9.17) is 4.74 Å². The van der Waals surface area contributed by atoms with Gasteiger partial charge < -0.3 is 26.8 Å². The van der Waals surface area contributed by atoms with Crippen molar-refractivity contribution in [3.8, 4) is 16.9 Å². The molecule has 2 atom stereocenters. The second-order valence-electron chi connectivity index (χ2n) is 7.34. The number of rotatable bonds is 7. The van der Waals surface area contributed by atoms with E-state index in [2.05, 4.69) is 10.6 Å². The molecule has 0 saturated carbocycles. The van der Waals surface area contributed by atoms with E-state index in [0.717, 1.165) is 11.0 Å². The molecular formula is C23H23FN3NaO6. The summed E-state index contributed by atoms with van der Waals surface area (Å²) in [6.07, 6.45) is 1.78. The molecule has 0 radical (unpaired) electrons. The van der Waals surface area contributed by atoms with Crippen molar-refractivity contribution in [3.63, 3.8) is 0 Å². The molecule has 2 aromatic rings. The SMILES string of the molecule is COc1cccc(-c2ccc(F)c(C(CC(=O)O)NC(=O)NC3C(=O)C=CN(C)C3=O)c2)c1.[H-].[Na+]. The molecule has 3 rings (SSSR count). The van der Waals surface area contributed by atoms with Gasteiger partial charge in [-0.15, -0.1) is 0 Å². The zero-order valence-electron chi connectivity index (χ0n) is 19.9. The van der Waals surface area contributed by atoms with Crippen molar-refractivity contribution < 1.29 is 64.4 Å². The number of likely N-dealkylation sites (N-methyl/N-ethyl adjacent to an activating group) is 1. The van der Waals surface area contributed by atoms with E-state index in [9.17, 15) is 28.7 Å². The van der Waals surface area contributed by atoms with E-state index in [1.54, 1.807) is 24.3 Å². The van der Waals surface area contributed by atoms with Crippen LogP contribution < -0.4 is 44.9 Å². The van der Waals surface area contributed by atoms with Crippen molar-refractivity contribution in [3.05, 3.63) is 66.1 Å². The Hall–Kier alpha value is -3.21. The summed E-state index contributed by atoms with van der Waals surface area (Å²) in [5, 5.41) is 13.9. The van der Waals surface area contributed by atoms with Crippen molar-refractivity contribution in [2.45, 2.75) is 18.5 Å². The van der Waals surface area contributed by atoms with Gasteiger partial charge in [0.05, 0.1) is 19.6 Å². The topological polar surface area (TPSA) is 125 Å². The number of halogens is 1. The Balaban J connectivity index is 0.00000306. The molecule has 0 spiro atoms. The average Bonchev–Trinajstić information content (AvgIpc) is 2.79. The molecule has 0 saturated heterocycles. The van der Waals surface area contributed by atoms with Crippen LogP contribution in [0.1, 0.15) is 19.5 Å². The molecular weight excluding hydrogens is 456 g/mol. The first-order chi connectivity index (χ1) is 15.7. The van der Waals surface area contributed by atoms with E-state index in [-0.39, 0.29) is 36.5 Å². The van der Waals surface area contributed by atoms with Gasteiger partial charge in [-0.05, 0) is 35.4 Å². The van der Waals surface area contributed by atoms with Gasteiger partial charge in [-0.25, -0.2) is 9.18 Å². The first-order valence-electron chi connectivity index (χ1n) is 9.91. The number of amides is 3. The van der Waals surface area contributed by atoms with Gasteiger partial charge >= 0.3 is 41.6 Å². The van der Waals surface area contributed by atoms with Crippen LogP contribution in [0.5, 0.6) is 5.75 Å². The number of methoxy groups -OCH3 is 1. The van der Waals surface area contributed by atoms with Crippen molar-refractivity contribution in [2.24, 2.45) is 0 Å². The van der Waals surface area contributed by atoms with Gasteiger partial charge in [-0.3, -0.25) is 14.4 Å². The number of carboxylic acid groups (broad SMARTS) is 1. The number of nitrogens with zero attached hydrogens (tertiary/aromatic N) is 1. The Labute approximate surface area is 218 Å². The van der Waals surface area contributed by atoms with Crippen LogP contribution in [0, 0.1) is 5.82 Å². The molecule has 11 heteroatoms. The zero-order valence-corrected chi connectivity index (χ0v) is 20.9. The number of carbonyl (C=O) groups excluding carboxylic acids is 3. The van der Waals surface area contributed by atoms with Crippen LogP contribution in [0.15, 0.2) is 54.7 Å². The van der Waals surface area contributed by atoms with Crippen LogP contribution in [0.4, 0.5) is 9.18 Å². The van der Waals surface area contributed by atoms with Crippen molar-refractivity contribution in [2.75, 3.05) is 14.2 Å². The maximum absolute atomic E-state index is 14.7. The molecule has 3 amide bonds. The fourth-order valence-electron chi connectivity index (χ4n) is 3.35. The Bertz CT molecular complexity index is 1150. The first-order valence-corrected chi connectivity index (χ1v) is 9.91. The van der Waals surface area contributed by atoms with Crippen LogP contribution in [-0.2, 0) is 14.4 Å². The van der Waals surface area contributed by atoms with Crippen LogP contribution in [0.3, 0.4) is 0 Å². The van der Waals surface area contributed by atoms with Gasteiger partial charge in [0.25, 0.3) is 5.91 Å². The van der Waals surface area contributed by atoms with Crippen LogP contribution in [0.25, 0.3) is 11.1 Å². The van der Waals surface area contributed by atoms with E-state index in [0.29, 0.717) is 16.9 Å². The van der Waals surface area contributed by atoms with Gasteiger partial charge in [-0.2, -0.15) is 0 Å². The molecule has 2 aromatic carbocycles. The molecule has 174 valence electrons. The number of urea groups is 1. The summed E-state index contributed by atoms with van der Waals surface area (Å²) in [6.45, 7) is 0. The van der Waals surface area contributed by atoms with Gasteiger partial charge in [0.2, 0.25) is 0 Å². The minimum atomic E-state index is -1.46. The standard InChI is InChI=1S/C23H22FN3O6.Na.H/c1-27-9-8-19(28)21(22(27)31)26-23(32)25-18(12-20(29)30)16-11-14(6-7-17(16)24)13-4-3-5-15(10-13)33-2;;/h3-11,18,21H,12H2,1-2H3,(H,29,30)(H2,25,26,32);;/q;+1;-1. The predicted octanol–water partition coefficient (Wildman–Crippen LogP) is -0.644. The normalized spacial score (nSPS) is 15.9. The van der Waals surface area contributed by atoms with Gasteiger partial charge in [0.15, 0.2) is 11.8 Å². The molecule has 0 bridgehead atoms.